The first kappa shape index (κ1) is 34.4. The van der Waals surface area contributed by atoms with Gasteiger partial charge in [-0.05, 0) is 141 Å². The van der Waals surface area contributed by atoms with Crippen molar-refractivity contribution >= 4 is 22.5 Å². The van der Waals surface area contributed by atoms with E-state index in [-0.39, 0.29) is 21.9 Å². The van der Waals surface area contributed by atoms with Crippen LogP contribution in [0.15, 0.2) is 59.7 Å². The summed E-state index contributed by atoms with van der Waals surface area (Å²) in [6.45, 7) is 35.9. The van der Waals surface area contributed by atoms with Crippen molar-refractivity contribution in [1.29, 1.82) is 0 Å². The lowest BCUT2D eigenvalue weighted by Crippen LogP contribution is -2.45. The maximum absolute atomic E-state index is 2.70. The van der Waals surface area contributed by atoms with E-state index >= 15 is 0 Å². The van der Waals surface area contributed by atoms with E-state index in [0.717, 1.165) is 25.9 Å². The van der Waals surface area contributed by atoms with Crippen molar-refractivity contribution in [1.82, 2.24) is 0 Å². The van der Waals surface area contributed by atoms with Crippen molar-refractivity contribution in [2.45, 2.75) is 133 Å². The van der Waals surface area contributed by atoms with Gasteiger partial charge >= 0.3 is 0 Å². The van der Waals surface area contributed by atoms with E-state index < -0.39 is 0 Å². The summed E-state index contributed by atoms with van der Waals surface area (Å²) in [5.41, 5.74) is 18.0. The molecule has 3 atom stereocenters. The Morgan fingerprint density at radius 2 is 1.22 bits per heavy atom. The first-order valence-electron chi connectivity index (χ1n) is 19.6. The minimum atomic E-state index is -0.0161. The zero-order valence-corrected chi connectivity index (χ0v) is 33.4. The summed E-state index contributed by atoms with van der Waals surface area (Å²) in [7, 11) is 0. The Balaban J connectivity index is 1.55. The van der Waals surface area contributed by atoms with Crippen molar-refractivity contribution in [2.75, 3.05) is 22.9 Å². The van der Waals surface area contributed by atoms with Gasteiger partial charge in [-0.1, -0.05) is 85.3 Å². The molecular formula is C47H64N2. The molecule has 3 unspecified atom stereocenters. The Bertz CT molecular complexity index is 1740. The van der Waals surface area contributed by atoms with Crippen LogP contribution in [0.3, 0.4) is 0 Å². The molecule has 262 valence electrons. The number of rotatable bonds is 6. The average molecular weight is 657 g/mol. The highest BCUT2D eigenvalue weighted by molar-refractivity contribution is 5.94. The number of hydrogen-bond acceptors (Lipinski definition) is 2. The quantitative estimate of drug-likeness (QED) is 0.305. The van der Waals surface area contributed by atoms with Crippen LogP contribution in [-0.4, -0.2) is 24.2 Å². The van der Waals surface area contributed by atoms with Crippen LogP contribution in [0.1, 0.15) is 144 Å². The molecule has 0 aromatic heterocycles. The average Bonchev–Trinajstić information content (AvgIpc) is 3.66. The zero-order valence-electron chi connectivity index (χ0n) is 33.4. The molecule has 1 saturated carbocycles. The molecule has 2 aromatic rings. The molecule has 2 heterocycles. The monoisotopic (exact) mass is 657 g/mol. The van der Waals surface area contributed by atoms with E-state index in [0.29, 0.717) is 23.7 Å². The smallest absolute Gasteiger partial charge is 0.0534 e. The molecule has 49 heavy (non-hydrogen) atoms. The number of anilines is 2. The topological polar surface area (TPSA) is 6.48 Å². The van der Waals surface area contributed by atoms with Crippen LogP contribution in [0.25, 0.3) is 22.3 Å². The van der Waals surface area contributed by atoms with E-state index in [4.69, 9.17) is 0 Å². The highest BCUT2D eigenvalue weighted by Crippen LogP contribution is 2.69. The van der Waals surface area contributed by atoms with Gasteiger partial charge in [-0.25, -0.2) is 0 Å². The molecule has 1 fully saturated rings. The van der Waals surface area contributed by atoms with Crippen LogP contribution in [0, 0.1) is 28.6 Å². The van der Waals surface area contributed by atoms with Gasteiger partial charge < -0.3 is 9.80 Å². The summed E-state index contributed by atoms with van der Waals surface area (Å²) < 4.78 is 0. The summed E-state index contributed by atoms with van der Waals surface area (Å²) in [5, 5.41) is 0. The molecule has 2 nitrogen and oxygen atoms in total. The fourth-order valence-corrected chi connectivity index (χ4v) is 11.2. The van der Waals surface area contributed by atoms with E-state index in [1.54, 1.807) is 16.7 Å². The Hall–Kier alpha value is -3.00. The molecule has 0 radical (unpaired) electrons. The third-order valence-corrected chi connectivity index (χ3v) is 13.4. The van der Waals surface area contributed by atoms with Crippen LogP contribution >= 0.6 is 0 Å². The van der Waals surface area contributed by atoms with E-state index in [1.165, 1.54) is 56.8 Å². The van der Waals surface area contributed by atoms with Crippen LogP contribution in [0.2, 0.25) is 0 Å². The zero-order chi connectivity index (χ0) is 35.6. The summed E-state index contributed by atoms with van der Waals surface area (Å²) >= 11 is 0. The second kappa shape index (κ2) is 11.2. The minimum absolute atomic E-state index is 0.0161. The van der Waals surface area contributed by atoms with Crippen molar-refractivity contribution in [3.8, 4) is 11.1 Å². The van der Waals surface area contributed by atoms with Gasteiger partial charge in [-0.2, -0.15) is 0 Å². The van der Waals surface area contributed by atoms with Gasteiger partial charge in [0.15, 0.2) is 0 Å². The fourth-order valence-electron chi connectivity index (χ4n) is 11.2. The highest BCUT2D eigenvalue weighted by atomic mass is 15.2. The van der Waals surface area contributed by atoms with Crippen LogP contribution in [0.5, 0.6) is 0 Å². The molecule has 0 N–H and O–H groups in total. The van der Waals surface area contributed by atoms with Crippen molar-refractivity contribution in [2.24, 2.45) is 28.6 Å². The molecule has 2 heteroatoms. The first-order valence-corrected chi connectivity index (χ1v) is 19.6. The van der Waals surface area contributed by atoms with Crippen LogP contribution < -0.4 is 9.80 Å². The van der Waals surface area contributed by atoms with Gasteiger partial charge in [0.2, 0.25) is 0 Å². The van der Waals surface area contributed by atoms with Gasteiger partial charge in [0.1, 0.15) is 0 Å². The molecule has 0 bridgehead atoms. The third kappa shape index (κ3) is 4.92. The Morgan fingerprint density at radius 3 is 1.63 bits per heavy atom. The second-order valence-corrected chi connectivity index (χ2v) is 19.0. The number of allylic oxidation sites excluding steroid dienone is 6. The number of benzene rings is 2. The fraction of sp³-hybridized carbons (Fsp3) is 0.574. The lowest BCUT2D eigenvalue weighted by Gasteiger charge is -2.46. The van der Waals surface area contributed by atoms with E-state index in [1.807, 2.05) is 0 Å². The molecule has 2 aromatic carbocycles. The van der Waals surface area contributed by atoms with Gasteiger partial charge in [0, 0.05) is 52.8 Å². The molecule has 3 aliphatic carbocycles. The van der Waals surface area contributed by atoms with Crippen molar-refractivity contribution in [3.63, 3.8) is 0 Å². The number of nitrogens with zero attached hydrogens (tertiary/aromatic N) is 2. The first-order chi connectivity index (χ1) is 22.9. The summed E-state index contributed by atoms with van der Waals surface area (Å²) in [6, 6.07) is 10.6. The van der Waals surface area contributed by atoms with Crippen molar-refractivity contribution < 1.29 is 0 Å². The molecule has 0 spiro atoms. The molecule has 0 amide bonds. The maximum atomic E-state index is 2.70. The van der Waals surface area contributed by atoms with Gasteiger partial charge in [0.05, 0.1) is 11.1 Å². The maximum Gasteiger partial charge on any atom is 0.0534 e. The van der Waals surface area contributed by atoms with Gasteiger partial charge in [0.25, 0.3) is 0 Å². The highest BCUT2D eigenvalue weighted by Gasteiger charge is 2.58. The molecular weight excluding hydrogens is 593 g/mol. The Morgan fingerprint density at radius 1 is 0.755 bits per heavy atom. The summed E-state index contributed by atoms with van der Waals surface area (Å²) in [5.74, 6) is 1.97. The molecule has 5 aliphatic rings. The van der Waals surface area contributed by atoms with Gasteiger partial charge in [-0.3, -0.25) is 0 Å². The number of fused-ring (bicyclic) bond motifs is 6. The van der Waals surface area contributed by atoms with E-state index in [9.17, 15) is 0 Å². The SMILES string of the molecule is CCCN1c2cc3c(cc2C(C)=CC1(C)C)-c1cc2c(cc1C3C1(C(C)C)CC(C)C3C=C(C(C)(C)C)C=C31)N(CCC)C(C)(C)C=C2C. The summed E-state index contributed by atoms with van der Waals surface area (Å²) in [4.78, 5) is 5.41. The van der Waals surface area contributed by atoms with E-state index in [2.05, 4.69) is 155 Å². The third-order valence-electron chi connectivity index (χ3n) is 13.4. The summed E-state index contributed by atoms with van der Waals surface area (Å²) in [6.07, 6.45) is 13.9. The van der Waals surface area contributed by atoms with Crippen molar-refractivity contribution in [3.05, 3.63) is 82.0 Å². The molecule has 2 aliphatic heterocycles. The number of hydrogen-bond donors (Lipinski definition) is 0. The van der Waals surface area contributed by atoms with Gasteiger partial charge in [-0.15, -0.1) is 0 Å². The molecule has 7 rings (SSSR count). The Labute approximate surface area is 299 Å². The Kier molecular flexibility index (Phi) is 7.91. The predicted octanol–water partition coefficient (Wildman–Crippen LogP) is 12.8. The predicted molar refractivity (Wildman–Crippen MR) is 215 cm³/mol. The minimum Gasteiger partial charge on any atom is -0.362 e. The van der Waals surface area contributed by atoms with Crippen LogP contribution in [-0.2, 0) is 0 Å². The van der Waals surface area contributed by atoms with Crippen LogP contribution in [0.4, 0.5) is 11.4 Å². The lowest BCUT2D eigenvalue weighted by atomic mass is 9.60. The normalized spacial score (nSPS) is 26.5. The lowest BCUT2D eigenvalue weighted by molar-refractivity contribution is 0.209. The standard InChI is InChI=1S/C47H64N2/c1-15-17-48-41-23-38-36(21-34(41)29(5)25-45(48,11)12)37-22-35-30(6)26-46(13,14)49(18-16-2)42(35)24-39(37)43(38)47(28(3)4)27-31(7)33-19-32(20-40(33)47)44(8,9)10/h19-26,28,31,33,43H,15-18,27H2,1-14H3. The largest absolute Gasteiger partial charge is 0.362 e. The molecule has 0 saturated heterocycles. The second-order valence-electron chi connectivity index (χ2n) is 19.0.